The van der Waals surface area contributed by atoms with E-state index in [4.69, 9.17) is 16.3 Å². The third-order valence-corrected chi connectivity index (χ3v) is 5.99. The van der Waals surface area contributed by atoms with Gasteiger partial charge < -0.3 is 4.74 Å². The predicted molar refractivity (Wildman–Crippen MR) is 109 cm³/mol. The lowest BCUT2D eigenvalue weighted by molar-refractivity contribution is -0.138. The van der Waals surface area contributed by atoms with E-state index in [-0.39, 0.29) is 29.8 Å². The second-order valence-corrected chi connectivity index (χ2v) is 8.44. The van der Waals surface area contributed by atoms with Crippen LogP contribution >= 0.6 is 11.6 Å². The number of ether oxygens (including phenoxy) is 1. The largest absolute Gasteiger partial charge is 0.492 e. The maximum absolute atomic E-state index is 13.8. The molecule has 160 valence electrons. The van der Waals surface area contributed by atoms with Gasteiger partial charge in [0, 0.05) is 23.6 Å². The van der Waals surface area contributed by atoms with E-state index in [2.05, 4.69) is 16.8 Å². The molecule has 8 heteroatoms. The SMILES string of the molecule is C=C(C=CC(Cl)=CC)C1CC1COc1ccn2c(CC3CC3)nnc2c1C(F)(F)F. The molecule has 4 nitrogen and oxygen atoms in total. The number of rotatable bonds is 8. The van der Waals surface area contributed by atoms with Gasteiger partial charge in [-0.05, 0) is 50.2 Å². The fourth-order valence-corrected chi connectivity index (χ4v) is 3.64. The van der Waals surface area contributed by atoms with Crippen LogP contribution in [0.4, 0.5) is 13.2 Å². The van der Waals surface area contributed by atoms with Gasteiger partial charge in [0.25, 0.3) is 0 Å². The van der Waals surface area contributed by atoms with Gasteiger partial charge in [-0.15, -0.1) is 10.2 Å². The van der Waals surface area contributed by atoms with Crippen molar-refractivity contribution in [1.82, 2.24) is 14.6 Å². The molecule has 4 rings (SSSR count). The summed E-state index contributed by atoms with van der Waals surface area (Å²) in [5.41, 5.74) is -0.163. The molecule has 0 amide bonds. The van der Waals surface area contributed by atoms with Crippen molar-refractivity contribution in [3.8, 4) is 5.75 Å². The number of allylic oxidation sites excluding steroid dienone is 5. The number of halogens is 4. The number of hydrogen-bond acceptors (Lipinski definition) is 3. The van der Waals surface area contributed by atoms with Gasteiger partial charge >= 0.3 is 6.18 Å². The molecule has 2 aromatic heterocycles. The normalized spacial score (nSPS) is 22.1. The monoisotopic (exact) mass is 437 g/mol. The Bertz CT molecular complexity index is 1020. The van der Waals surface area contributed by atoms with E-state index >= 15 is 0 Å². The minimum absolute atomic E-state index is 0.132. The Labute approximate surface area is 178 Å². The van der Waals surface area contributed by atoms with E-state index in [1.54, 1.807) is 18.3 Å². The summed E-state index contributed by atoms with van der Waals surface area (Å²) in [6, 6.07) is 1.37. The average molecular weight is 438 g/mol. The molecule has 2 atom stereocenters. The molecule has 2 aromatic rings. The predicted octanol–water partition coefficient (Wildman–Crippen LogP) is 5.97. The maximum atomic E-state index is 13.8. The summed E-state index contributed by atoms with van der Waals surface area (Å²) in [5, 5.41) is 8.44. The molecule has 0 N–H and O–H groups in total. The first-order chi connectivity index (χ1) is 14.3. The molecule has 30 heavy (non-hydrogen) atoms. The van der Waals surface area contributed by atoms with Crippen LogP contribution in [-0.2, 0) is 12.6 Å². The zero-order valence-corrected chi connectivity index (χ0v) is 17.4. The molecule has 2 heterocycles. The molecule has 0 aromatic carbocycles. The van der Waals surface area contributed by atoms with Crippen LogP contribution in [0.1, 0.15) is 37.6 Å². The molecular weight excluding hydrogens is 415 g/mol. The Morgan fingerprint density at radius 3 is 2.77 bits per heavy atom. The average Bonchev–Trinajstić information content (AvgIpc) is 3.61. The molecule has 2 unspecified atom stereocenters. The van der Waals surface area contributed by atoms with E-state index < -0.39 is 11.7 Å². The third kappa shape index (κ3) is 4.56. The van der Waals surface area contributed by atoms with Gasteiger partial charge in [0.15, 0.2) is 5.65 Å². The Kier molecular flexibility index (Phi) is 5.66. The highest BCUT2D eigenvalue weighted by Gasteiger charge is 2.41. The van der Waals surface area contributed by atoms with Crippen molar-refractivity contribution in [2.45, 2.75) is 38.8 Å². The first-order valence-corrected chi connectivity index (χ1v) is 10.4. The number of hydrogen-bond donors (Lipinski definition) is 0. The van der Waals surface area contributed by atoms with Crippen molar-refractivity contribution in [2.24, 2.45) is 17.8 Å². The van der Waals surface area contributed by atoms with Crippen molar-refractivity contribution in [3.05, 3.63) is 59.1 Å². The number of pyridine rings is 1. The minimum Gasteiger partial charge on any atom is -0.492 e. The highest BCUT2D eigenvalue weighted by Crippen LogP contribution is 2.45. The van der Waals surface area contributed by atoms with Crippen LogP contribution in [0.2, 0.25) is 0 Å². The van der Waals surface area contributed by atoms with Gasteiger partial charge in [-0.3, -0.25) is 4.40 Å². The summed E-state index contributed by atoms with van der Waals surface area (Å²) in [7, 11) is 0. The second-order valence-electron chi connectivity index (χ2n) is 8.01. The van der Waals surface area contributed by atoms with Gasteiger partial charge in [0.1, 0.15) is 17.1 Å². The lowest BCUT2D eigenvalue weighted by Gasteiger charge is -2.15. The first kappa shape index (κ1) is 21.0. The summed E-state index contributed by atoms with van der Waals surface area (Å²) >= 11 is 5.94. The van der Waals surface area contributed by atoms with Gasteiger partial charge in [0.05, 0.1) is 6.61 Å². The Balaban J connectivity index is 1.48. The zero-order valence-electron chi connectivity index (χ0n) is 16.6. The van der Waals surface area contributed by atoms with E-state index in [1.807, 2.05) is 13.0 Å². The van der Waals surface area contributed by atoms with Gasteiger partial charge in [0.2, 0.25) is 0 Å². The van der Waals surface area contributed by atoms with Crippen LogP contribution in [0, 0.1) is 17.8 Å². The zero-order chi connectivity index (χ0) is 21.5. The molecule has 2 aliphatic carbocycles. The quantitative estimate of drug-likeness (QED) is 0.477. The summed E-state index contributed by atoms with van der Waals surface area (Å²) in [6.07, 6.45) is 6.03. The van der Waals surface area contributed by atoms with Crippen LogP contribution in [0.5, 0.6) is 5.75 Å². The highest BCUT2D eigenvalue weighted by atomic mass is 35.5. The topological polar surface area (TPSA) is 39.4 Å². The Hall–Kier alpha value is -2.28. The summed E-state index contributed by atoms with van der Waals surface area (Å²) in [6.45, 7) is 6.06. The van der Waals surface area contributed by atoms with E-state index in [0.717, 1.165) is 24.8 Å². The van der Waals surface area contributed by atoms with Gasteiger partial charge in [-0.25, -0.2) is 0 Å². The minimum atomic E-state index is -4.58. The van der Waals surface area contributed by atoms with Crippen molar-refractivity contribution in [3.63, 3.8) is 0 Å². The molecule has 0 spiro atoms. The number of fused-ring (bicyclic) bond motifs is 1. The van der Waals surface area contributed by atoms with E-state index in [9.17, 15) is 13.2 Å². The van der Waals surface area contributed by atoms with Crippen molar-refractivity contribution in [2.75, 3.05) is 6.61 Å². The van der Waals surface area contributed by atoms with E-state index in [0.29, 0.717) is 23.2 Å². The third-order valence-electron chi connectivity index (χ3n) is 5.65. The van der Waals surface area contributed by atoms with Gasteiger partial charge in [-0.1, -0.05) is 35.9 Å². The molecule has 2 fully saturated rings. The van der Waals surface area contributed by atoms with Crippen LogP contribution in [0.15, 0.2) is 47.7 Å². The number of alkyl halides is 3. The van der Waals surface area contributed by atoms with Crippen molar-refractivity contribution in [1.29, 1.82) is 0 Å². The van der Waals surface area contributed by atoms with Crippen LogP contribution < -0.4 is 4.74 Å². The maximum Gasteiger partial charge on any atom is 0.423 e. The highest BCUT2D eigenvalue weighted by molar-refractivity contribution is 6.31. The fourth-order valence-electron chi connectivity index (χ4n) is 3.58. The molecule has 2 aliphatic rings. The fraction of sp³-hybridized carbons (Fsp3) is 0.455. The number of aromatic nitrogens is 3. The molecular formula is C22H23ClF3N3O. The molecule has 0 radical (unpaired) electrons. The lowest BCUT2D eigenvalue weighted by atomic mass is 10.1. The number of nitrogens with zero attached hydrogens (tertiary/aromatic N) is 3. The molecule has 0 saturated heterocycles. The van der Waals surface area contributed by atoms with E-state index in [1.165, 1.54) is 10.5 Å². The smallest absolute Gasteiger partial charge is 0.423 e. The summed E-state index contributed by atoms with van der Waals surface area (Å²) < 4.78 is 48.5. The Morgan fingerprint density at radius 1 is 1.33 bits per heavy atom. The summed E-state index contributed by atoms with van der Waals surface area (Å²) in [5.74, 6) is 1.18. The second kappa shape index (κ2) is 8.10. The lowest BCUT2D eigenvalue weighted by Crippen LogP contribution is -2.13. The van der Waals surface area contributed by atoms with Crippen molar-refractivity contribution >= 4 is 17.2 Å². The van der Waals surface area contributed by atoms with Crippen LogP contribution in [0.3, 0.4) is 0 Å². The summed E-state index contributed by atoms with van der Waals surface area (Å²) in [4.78, 5) is 0. The Morgan fingerprint density at radius 2 is 2.10 bits per heavy atom. The standard InChI is InChI=1S/C22H23ClF3N3O/c1-3-16(23)7-4-13(2)17-11-15(17)12-30-18-8-9-29-19(10-14-5-6-14)27-28-21(29)20(18)22(24,25)26/h3-4,7-9,14-15,17H,2,5-6,10-12H2,1H3. The molecule has 0 bridgehead atoms. The first-order valence-electron chi connectivity index (χ1n) is 10.0. The molecule has 2 saturated carbocycles. The van der Waals surface area contributed by atoms with Crippen LogP contribution in [-0.4, -0.2) is 21.2 Å². The van der Waals surface area contributed by atoms with Gasteiger partial charge in [-0.2, -0.15) is 13.2 Å². The van der Waals surface area contributed by atoms with Crippen molar-refractivity contribution < 1.29 is 17.9 Å². The molecule has 0 aliphatic heterocycles. The van der Waals surface area contributed by atoms with Crippen LogP contribution in [0.25, 0.3) is 5.65 Å².